The van der Waals surface area contributed by atoms with Gasteiger partial charge in [0.05, 0.1) is 13.2 Å². The second-order valence-electron chi connectivity index (χ2n) is 8.15. The van der Waals surface area contributed by atoms with Gasteiger partial charge in [0.1, 0.15) is 18.8 Å². The highest BCUT2D eigenvalue weighted by atomic mass is 16.6. The number of ether oxygens (including phenoxy) is 3. The molecule has 0 saturated carbocycles. The largest absolute Gasteiger partial charge is 0.460 e. The molecule has 6 heteroatoms. The van der Waals surface area contributed by atoms with E-state index >= 15 is 0 Å². The van der Waals surface area contributed by atoms with Gasteiger partial charge in [0.15, 0.2) is 0 Å². The second-order valence-corrected chi connectivity index (χ2v) is 8.15. The lowest BCUT2D eigenvalue weighted by Crippen LogP contribution is -2.27. The van der Waals surface area contributed by atoms with Gasteiger partial charge >= 0.3 is 11.9 Å². The molecule has 0 bridgehead atoms. The third kappa shape index (κ3) is 18.9. The van der Waals surface area contributed by atoms with Crippen molar-refractivity contribution >= 4 is 11.9 Å². The van der Waals surface area contributed by atoms with E-state index in [4.69, 9.17) is 14.2 Å². The lowest BCUT2D eigenvalue weighted by Gasteiger charge is -2.18. The van der Waals surface area contributed by atoms with Gasteiger partial charge in [-0.1, -0.05) is 78.1 Å². The summed E-state index contributed by atoms with van der Waals surface area (Å²) in [5, 5.41) is 9.43. The van der Waals surface area contributed by atoms with E-state index in [0.29, 0.717) is 6.42 Å². The van der Waals surface area contributed by atoms with Gasteiger partial charge in [-0.2, -0.15) is 0 Å². The molecule has 0 spiro atoms. The van der Waals surface area contributed by atoms with Gasteiger partial charge in [-0.3, -0.25) is 4.79 Å². The fraction of sp³-hybridized carbons (Fsp3) is 0.917. The number of aliphatic hydroxyl groups is 1. The van der Waals surface area contributed by atoms with Gasteiger partial charge in [0, 0.05) is 6.92 Å². The summed E-state index contributed by atoms with van der Waals surface area (Å²) in [7, 11) is 0. The molecule has 0 aromatic rings. The number of rotatable bonds is 21. The Labute approximate surface area is 184 Å². The van der Waals surface area contributed by atoms with Crippen LogP contribution >= 0.6 is 0 Å². The quantitative estimate of drug-likeness (QED) is 0.195. The summed E-state index contributed by atoms with van der Waals surface area (Å²) >= 11 is 0. The molecule has 1 N–H and O–H groups in total. The molecule has 0 aromatic carbocycles. The van der Waals surface area contributed by atoms with Gasteiger partial charge < -0.3 is 19.3 Å². The van der Waals surface area contributed by atoms with E-state index in [-0.39, 0.29) is 31.9 Å². The summed E-state index contributed by atoms with van der Waals surface area (Å²) in [5.74, 6) is -0.822. The molecule has 6 nitrogen and oxygen atoms in total. The predicted molar refractivity (Wildman–Crippen MR) is 119 cm³/mol. The monoisotopic (exact) mass is 430 g/mol. The maximum atomic E-state index is 12.0. The first kappa shape index (κ1) is 28.9. The molecule has 0 aliphatic rings. The molecular weight excluding hydrogens is 384 g/mol. The molecule has 0 heterocycles. The van der Waals surface area contributed by atoms with Crippen molar-refractivity contribution < 1.29 is 28.9 Å². The minimum atomic E-state index is -0.485. The van der Waals surface area contributed by atoms with E-state index < -0.39 is 12.1 Å². The van der Waals surface area contributed by atoms with Crippen LogP contribution in [0.5, 0.6) is 0 Å². The number of hydrogen-bond donors (Lipinski definition) is 1. The lowest BCUT2D eigenvalue weighted by atomic mass is 10.1. The van der Waals surface area contributed by atoms with Crippen LogP contribution in [-0.4, -0.2) is 49.1 Å². The Balaban J connectivity index is 4.01. The van der Waals surface area contributed by atoms with Crippen molar-refractivity contribution in [3.05, 3.63) is 0 Å². The van der Waals surface area contributed by atoms with Gasteiger partial charge in [-0.05, 0) is 25.7 Å². The van der Waals surface area contributed by atoms with Gasteiger partial charge in [0.25, 0.3) is 0 Å². The zero-order valence-corrected chi connectivity index (χ0v) is 19.7. The normalized spacial score (nSPS) is 13.1. The number of aliphatic hydroxyl groups excluding tert-OH is 1. The van der Waals surface area contributed by atoms with Crippen molar-refractivity contribution in [2.75, 3.05) is 19.8 Å². The van der Waals surface area contributed by atoms with E-state index in [1.165, 1.54) is 58.3 Å². The third-order valence-electron chi connectivity index (χ3n) is 5.12. The molecule has 2 unspecified atom stereocenters. The van der Waals surface area contributed by atoms with Gasteiger partial charge in [-0.25, -0.2) is 4.79 Å². The van der Waals surface area contributed by atoms with Crippen LogP contribution in [0.4, 0.5) is 0 Å². The molecule has 0 amide bonds. The Bertz CT molecular complexity index is 413. The highest BCUT2D eigenvalue weighted by molar-refractivity contribution is 5.70. The first-order chi connectivity index (χ1) is 14.5. The van der Waals surface area contributed by atoms with Crippen LogP contribution in [0, 0.1) is 0 Å². The highest BCUT2D eigenvalue weighted by Gasteiger charge is 2.16. The van der Waals surface area contributed by atoms with Crippen LogP contribution in [0.1, 0.15) is 111 Å². The number of carbonyl (C=O) groups excluding carboxylic acids is 2. The standard InChI is InChI=1S/C24H46O6/c1-4-6-8-10-12-14-16-22(18-25)30-24(27)20-28-19-23(29-21(3)26)17-15-13-11-9-7-5-2/h22-23,25H,4-20H2,1-3H3. The molecule has 0 aromatic heterocycles. The first-order valence-corrected chi connectivity index (χ1v) is 12.1. The average Bonchev–Trinajstić information content (AvgIpc) is 2.71. The summed E-state index contributed by atoms with van der Waals surface area (Å²) in [6, 6.07) is 0. The Kier molecular flexibility index (Phi) is 20.3. The van der Waals surface area contributed by atoms with Crippen LogP contribution in [0.3, 0.4) is 0 Å². The fourth-order valence-electron chi connectivity index (χ4n) is 3.40. The fourth-order valence-corrected chi connectivity index (χ4v) is 3.40. The van der Waals surface area contributed by atoms with E-state index in [1.54, 1.807) is 0 Å². The second kappa shape index (κ2) is 21.1. The predicted octanol–water partition coefficient (Wildman–Crippen LogP) is 5.34. The number of esters is 2. The Morgan fingerprint density at radius 2 is 1.23 bits per heavy atom. The van der Waals surface area contributed by atoms with Crippen molar-refractivity contribution in [2.24, 2.45) is 0 Å². The molecule has 0 aliphatic heterocycles. The molecule has 0 fully saturated rings. The third-order valence-corrected chi connectivity index (χ3v) is 5.12. The van der Waals surface area contributed by atoms with Crippen LogP contribution in [0.15, 0.2) is 0 Å². The maximum Gasteiger partial charge on any atom is 0.332 e. The van der Waals surface area contributed by atoms with Gasteiger partial charge in [0.2, 0.25) is 0 Å². The van der Waals surface area contributed by atoms with E-state index in [1.807, 2.05) is 0 Å². The van der Waals surface area contributed by atoms with Crippen LogP contribution < -0.4 is 0 Å². The van der Waals surface area contributed by atoms with E-state index in [2.05, 4.69) is 13.8 Å². The summed E-state index contributed by atoms with van der Waals surface area (Å²) in [6.45, 7) is 5.58. The summed E-state index contributed by atoms with van der Waals surface area (Å²) < 4.78 is 16.0. The molecule has 30 heavy (non-hydrogen) atoms. The maximum absolute atomic E-state index is 12.0. The summed E-state index contributed by atoms with van der Waals surface area (Å²) in [5.41, 5.74) is 0. The van der Waals surface area contributed by atoms with Crippen molar-refractivity contribution in [2.45, 2.75) is 123 Å². The van der Waals surface area contributed by atoms with Crippen molar-refractivity contribution in [1.82, 2.24) is 0 Å². The van der Waals surface area contributed by atoms with Crippen LogP contribution in [-0.2, 0) is 23.8 Å². The Morgan fingerprint density at radius 3 is 1.73 bits per heavy atom. The molecule has 0 saturated heterocycles. The Hall–Kier alpha value is -1.14. The molecule has 2 atom stereocenters. The first-order valence-electron chi connectivity index (χ1n) is 12.1. The smallest absolute Gasteiger partial charge is 0.332 e. The van der Waals surface area contributed by atoms with Crippen molar-refractivity contribution in [3.8, 4) is 0 Å². The molecular formula is C24H46O6. The zero-order valence-electron chi connectivity index (χ0n) is 19.7. The molecule has 0 aliphatic carbocycles. The van der Waals surface area contributed by atoms with Crippen molar-refractivity contribution in [1.29, 1.82) is 0 Å². The van der Waals surface area contributed by atoms with Crippen molar-refractivity contribution in [3.63, 3.8) is 0 Å². The summed E-state index contributed by atoms with van der Waals surface area (Å²) in [4.78, 5) is 23.3. The van der Waals surface area contributed by atoms with Gasteiger partial charge in [-0.15, -0.1) is 0 Å². The minimum absolute atomic E-state index is 0.172. The molecule has 0 rings (SSSR count). The minimum Gasteiger partial charge on any atom is -0.460 e. The number of carbonyl (C=O) groups is 2. The molecule has 178 valence electrons. The number of hydrogen-bond acceptors (Lipinski definition) is 6. The molecule has 0 radical (unpaired) electrons. The topological polar surface area (TPSA) is 82.1 Å². The number of unbranched alkanes of at least 4 members (excludes halogenated alkanes) is 10. The van der Waals surface area contributed by atoms with Crippen LogP contribution in [0.25, 0.3) is 0 Å². The van der Waals surface area contributed by atoms with Crippen LogP contribution in [0.2, 0.25) is 0 Å². The van der Waals surface area contributed by atoms with E-state index in [9.17, 15) is 14.7 Å². The SMILES string of the molecule is CCCCCCCCC(COCC(=O)OC(CO)CCCCCCCC)OC(C)=O. The Morgan fingerprint density at radius 1 is 0.733 bits per heavy atom. The average molecular weight is 431 g/mol. The lowest BCUT2D eigenvalue weighted by molar-refractivity contribution is -0.160. The zero-order chi connectivity index (χ0) is 22.5. The highest BCUT2D eigenvalue weighted by Crippen LogP contribution is 2.12. The van der Waals surface area contributed by atoms with E-state index in [0.717, 1.165) is 32.1 Å². The summed E-state index contributed by atoms with van der Waals surface area (Å²) in [6.07, 6.45) is 14.5.